The molecule has 0 aromatic heterocycles. The molecular formula is C14H19BrO4. The predicted octanol–water partition coefficient (Wildman–Crippen LogP) is 3.38. The number of hydrogen-bond donors (Lipinski definition) is 0. The van der Waals surface area contributed by atoms with E-state index in [9.17, 15) is 4.79 Å². The second kappa shape index (κ2) is 6.80. The Balaban J connectivity index is 3.47. The van der Waals surface area contributed by atoms with Gasteiger partial charge in [0.1, 0.15) is 5.75 Å². The smallest absolute Gasteiger partial charge is 0.180 e. The molecule has 1 unspecified atom stereocenters. The van der Waals surface area contributed by atoms with Crippen LogP contribution in [0.3, 0.4) is 0 Å². The zero-order chi connectivity index (χ0) is 14.6. The summed E-state index contributed by atoms with van der Waals surface area (Å²) >= 11 is 3.37. The lowest BCUT2D eigenvalue weighted by Crippen LogP contribution is -2.15. The number of carbonyl (C=O) groups is 1. The molecule has 1 aromatic carbocycles. The quantitative estimate of drug-likeness (QED) is 0.592. The van der Waals surface area contributed by atoms with Crippen molar-refractivity contribution in [1.82, 2.24) is 0 Å². The summed E-state index contributed by atoms with van der Waals surface area (Å²) in [6, 6.07) is 1.66. The molecule has 0 bridgehead atoms. The first-order valence-electron chi connectivity index (χ1n) is 5.99. The minimum absolute atomic E-state index is 0.0246. The summed E-state index contributed by atoms with van der Waals surface area (Å²) in [5.74, 6) is 1.61. The Morgan fingerprint density at radius 1 is 1.21 bits per heavy atom. The summed E-state index contributed by atoms with van der Waals surface area (Å²) in [5.41, 5.74) is 1.25. The summed E-state index contributed by atoms with van der Waals surface area (Å²) in [6.45, 7) is 3.78. The van der Waals surface area contributed by atoms with Crippen LogP contribution in [0.25, 0.3) is 0 Å². The van der Waals surface area contributed by atoms with E-state index in [1.54, 1.807) is 27.4 Å². The summed E-state index contributed by atoms with van der Waals surface area (Å²) in [6.07, 6.45) is 0.704. The molecular weight excluding hydrogens is 312 g/mol. The van der Waals surface area contributed by atoms with Gasteiger partial charge in [-0.1, -0.05) is 22.9 Å². The Hall–Kier alpha value is -1.23. The van der Waals surface area contributed by atoms with E-state index in [1.165, 1.54) is 0 Å². The molecule has 19 heavy (non-hydrogen) atoms. The van der Waals surface area contributed by atoms with Crippen molar-refractivity contribution in [3.05, 3.63) is 17.2 Å². The van der Waals surface area contributed by atoms with Gasteiger partial charge in [-0.15, -0.1) is 0 Å². The lowest BCUT2D eigenvalue weighted by molar-refractivity contribution is 0.0986. The summed E-state index contributed by atoms with van der Waals surface area (Å²) in [5, 5.41) is 0. The molecule has 1 aromatic rings. The van der Waals surface area contributed by atoms with Crippen molar-refractivity contribution in [2.24, 2.45) is 0 Å². The number of hydrogen-bond acceptors (Lipinski definition) is 4. The maximum absolute atomic E-state index is 12.4. The first-order chi connectivity index (χ1) is 9.01. The second-order valence-electron chi connectivity index (χ2n) is 4.06. The zero-order valence-corrected chi connectivity index (χ0v) is 13.5. The van der Waals surface area contributed by atoms with Crippen molar-refractivity contribution >= 4 is 21.7 Å². The Labute approximate surface area is 122 Å². The van der Waals surface area contributed by atoms with E-state index in [4.69, 9.17) is 14.2 Å². The maximum atomic E-state index is 12.4. The number of Topliss-reactive ketones (excluding diaryl/α,β-unsaturated/α-hetero) is 1. The summed E-state index contributed by atoms with van der Waals surface area (Å²) < 4.78 is 15.9. The summed E-state index contributed by atoms with van der Waals surface area (Å²) in [4.78, 5) is 12.1. The maximum Gasteiger partial charge on any atom is 0.180 e. The molecule has 5 heteroatoms. The van der Waals surface area contributed by atoms with Gasteiger partial charge in [0.2, 0.25) is 0 Å². The Morgan fingerprint density at radius 3 is 2.21 bits per heavy atom. The van der Waals surface area contributed by atoms with Crippen LogP contribution in [0.2, 0.25) is 0 Å². The molecule has 0 saturated carbocycles. The van der Waals surface area contributed by atoms with Crippen molar-refractivity contribution in [1.29, 1.82) is 0 Å². The topological polar surface area (TPSA) is 44.8 Å². The van der Waals surface area contributed by atoms with Crippen LogP contribution in [0.5, 0.6) is 17.2 Å². The fourth-order valence-electron chi connectivity index (χ4n) is 1.96. The first-order valence-corrected chi connectivity index (χ1v) is 6.91. The molecule has 1 atom stereocenters. The molecule has 0 aliphatic carbocycles. The number of alkyl halides is 1. The largest absolute Gasteiger partial charge is 0.496 e. The van der Waals surface area contributed by atoms with Crippen LogP contribution >= 0.6 is 15.9 Å². The number of rotatable bonds is 6. The molecule has 106 valence electrons. The molecule has 0 radical (unpaired) electrons. The number of carbonyl (C=O) groups excluding carboxylic acids is 1. The molecule has 0 heterocycles. The lowest BCUT2D eigenvalue weighted by Gasteiger charge is -2.18. The molecule has 0 saturated heterocycles. The number of benzene rings is 1. The van der Waals surface area contributed by atoms with Gasteiger partial charge in [-0.25, -0.2) is 0 Å². The third-order valence-electron chi connectivity index (χ3n) is 2.96. The van der Waals surface area contributed by atoms with Crippen molar-refractivity contribution in [3.63, 3.8) is 0 Å². The fraction of sp³-hybridized carbons (Fsp3) is 0.500. The molecule has 1 rings (SSSR count). The minimum Gasteiger partial charge on any atom is -0.496 e. The van der Waals surface area contributed by atoms with E-state index < -0.39 is 0 Å². The fourth-order valence-corrected chi connectivity index (χ4v) is 2.20. The number of methoxy groups -OCH3 is 3. The lowest BCUT2D eigenvalue weighted by atomic mass is 10.0. The zero-order valence-electron chi connectivity index (χ0n) is 11.9. The van der Waals surface area contributed by atoms with Crippen LogP contribution in [0.1, 0.15) is 29.3 Å². The van der Waals surface area contributed by atoms with Crippen LogP contribution in [-0.4, -0.2) is 31.9 Å². The van der Waals surface area contributed by atoms with Gasteiger partial charge >= 0.3 is 0 Å². The van der Waals surface area contributed by atoms with E-state index in [0.717, 1.165) is 5.56 Å². The third kappa shape index (κ3) is 3.03. The standard InChI is InChI=1S/C14H19BrO4/c1-6-10(15)12(16)9-7-11(17-3)14(19-5)8(2)13(9)18-4/h7,10H,6H2,1-5H3. The van der Waals surface area contributed by atoms with Crippen LogP contribution in [0.15, 0.2) is 6.07 Å². The van der Waals surface area contributed by atoms with Gasteiger partial charge in [-0.2, -0.15) is 0 Å². The molecule has 0 aliphatic rings. The molecule has 0 N–H and O–H groups in total. The first kappa shape index (κ1) is 15.8. The van der Waals surface area contributed by atoms with E-state index in [1.807, 2.05) is 13.8 Å². The average Bonchev–Trinajstić information content (AvgIpc) is 2.44. The number of halogens is 1. The monoisotopic (exact) mass is 330 g/mol. The van der Waals surface area contributed by atoms with E-state index in [0.29, 0.717) is 29.2 Å². The second-order valence-corrected chi connectivity index (χ2v) is 5.16. The van der Waals surface area contributed by atoms with Gasteiger partial charge in [0.25, 0.3) is 0 Å². The third-order valence-corrected chi connectivity index (χ3v) is 4.02. The average molecular weight is 331 g/mol. The van der Waals surface area contributed by atoms with Crippen molar-refractivity contribution in [2.75, 3.05) is 21.3 Å². The van der Waals surface area contributed by atoms with E-state index >= 15 is 0 Å². The van der Waals surface area contributed by atoms with E-state index in [-0.39, 0.29) is 10.6 Å². The highest BCUT2D eigenvalue weighted by molar-refractivity contribution is 9.10. The van der Waals surface area contributed by atoms with Gasteiger partial charge in [0.15, 0.2) is 17.3 Å². The van der Waals surface area contributed by atoms with Crippen LogP contribution in [0.4, 0.5) is 0 Å². The van der Waals surface area contributed by atoms with Gasteiger partial charge in [-0.3, -0.25) is 4.79 Å². The summed E-state index contributed by atoms with van der Waals surface area (Å²) in [7, 11) is 4.65. The SMILES string of the molecule is CCC(Br)C(=O)c1cc(OC)c(OC)c(C)c1OC. The molecule has 0 spiro atoms. The molecule has 0 amide bonds. The Kier molecular flexibility index (Phi) is 5.66. The normalized spacial score (nSPS) is 11.9. The molecule has 0 aliphatic heterocycles. The highest BCUT2D eigenvalue weighted by atomic mass is 79.9. The predicted molar refractivity (Wildman–Crippen MR) is 78.2 cm³/mol. The van der Waals surface area contributed by atoms with Gasteiger partial charge in [-0.05, 0) is 19.4 Å². The molecule has 0 fully saturated rings. The van der Waals surface area contributed by atoms with Crippen LogP contribution in [-0.2, 0) is 0 Å². The van der Waals surface area contributed by atoms with Gasteiger partial charge < -0.3 is 14.2 Å². The van der Waals surface area contributed by atoms with Gasteiger partial charge in [0, 0.05) is 5.56 Å². The van der Waals surface area contributed by atoms with E-state index in [2.05, 4.69) is 15.9 Å². The van der Waals surface area contributed by atoms with Crippen molar-refractivity contribution in [3.8, 4) is 17.2 Å². The number of ether oxygens (including phenoxy) is 3. The van der Waals surface area contributed by atoms with Crippen LogP contribution in [0, 0.1) is 6.92 Å². The molecule has 4 nitrogen and oxygen atoms in total. The van der Waals surface area contributed by atoms with Crippen LogP contribution < -0.4 is 14.2 Å². The minimum atomic E-state index is -0.237. The number of ketones is 1. The van der Waals surface area contributed by atoms with Gasteiger partial charge in [0.05, 0.1) is 31.7 Å². The van der Waals surface area contributed by atoms with Crippen molar-refractivity contribution in [2.45, 2.75) is 25.1 Å². The van der Waals surface area contributed by atoms with Crippen molar-refractivity contribution < 1.29 is 19.0 Å². The Bertz CT molecular complexity index is 471. The highest BCUT2D eigenvalue weighted by Crippen LogP contribution is 2.40. The highest BCUT2D eigenvalue weighted by Gasteiger charge is 2.24. The Morgan fingerprint density at radius 2 is 1.79 bits per heavy atom.